The lowest BCUT2D eigenvalue weighted by Crippen LogP contribution is -2.30. The highest BCUT2D eigenvalue weighted by Gasteiger charge is 2.31. The predicted octanol–water partition coefficient (Wildman–Crippen LogP) is 3.17. The number of likely N-dealkylation sites (N-methyl/N-ethyl adjacent to an activating group) is 1. The molecule has 1 N–H and O–H groups in total. The Kier molecular flexibility index (Phi) is 5.18. The lowest BCUT2D eigenvalue weighted by Gasteiger charge is -2.24. The molecule has 2 heterocycles. The van der Waals surface area contributed by atoms with Crippen molar-refractivity contribution in [3.05, 3.63) is 47.3 Å². The van der Waals surface area contributed by atoms with Crippen LogP contribution in [-0.2, 0) is 0 Å². The third-order valence-electron chi connectivity index (χ3n) is 5.74. The Labute approximate surface area is 175 Å². The van der Waals surface area contributed by atoms with Gasteiger partial charge in [0, 0.05) is 38.8 Å². The van der Waals surface area contributed by atoms with Crippen molar-refractivity contribution in [2.75, 3.05) is 39.1 Å². The number of carbonyl (C=O) groups excluding carboxylic acids is 1. The highest BCUT2D eigenvalue weighted by Crippen LogP contribution is 2.43. The Bertz CT molecular complexity index is 1140. The van der Waals surface area contributed by atoms with Crippen LogP contribution in [0.25, 0.3) is 22.2 Å². The topological polar surface area (TPSA) is 85.4 Å². The van der Waals surface area contributed by atoms with Gasteiger partial charge in [0.05, 0.1) is 11.3 Å². The number of fused-ring (bicyclic) bond motifs is 1. The second-order valence-electron chi connectivity index (χ2n) is 7.82. The molecular formula is C23H25N5O2. The zero-order valence-electron chi connectivity index (χ0n) is 17.7. The maximum Gasteiger partial charge on any atom is 0.309 e. The van der Waals surface area contributed by atoms with Crippen LogP contribution in [0.1, 0.15) is 28.2 Å². The normalized spacial score (nSPS) is 16.1. The summed E-state index contributed by atoms with van der Waals surface area (Å²) in [5.74, 6) is -0.323. The summed E-state index contributed by atoms with van der Waals surface area (Å²) in [6.45, 7) is 3.61. The van der Waals surface area contributed by atoms with E-state index in [-0.39, 0.29) is 11.8 Å². The van der Waals surface area contributed by atoms with Crippen molar-refractivity contribution in [2.24, 2.45) is 0 Å². The molecule has 4 rings (SSSR count). The van der Waals surface area contributed by atoms with Crippen molar-refractivity contribution < 1.29 is 9.21 Å². The fraction of sp³-hybridized carbons (Fsp3) is 0.348. The second kappa shape index (κ2) is 7.81. The molecule has 1 aliphatic heterocycles. The third kappa shape index (κ3) is 3.19. The molecule has 0 radical (unpaired) electrons. The first-order chi connectivity index (χ1) is 14.5. The predicted molar refractivity (Wildman–Crippen MR) is 117 cm³/mol. The van der Waals surface area contributed by atoms with E-state index in [9.17, 15) is 10.1 Å². The molecule has 7 heteroatoms. The number of anilines is 1. The molecule has 1 aliphatic rings. The van der Waals surface area contributed by atoms with Crippen molar-refractivity contribution in [1.29, 1.82) is 5.26 Å². The Hall–Kier alpha value is -3.37. The van der Waals surface area contributed by atoms with Crippen molar-refractivity contribution in [2.45, 2.75) is 19.4 Å². The van der Waals surface area contributed by atoms with Gasteiger partial charge in [-0.3, -0.25) is 4.79 Å². The van der Waals surface area contributed by atoms with E-state index in [1.54, 1.807) is 14.1 Å². The van der Waals surface area contributed by atoms with E-state index in [2.05, 4.69) is 21.3 Å². The number of oxazole rings is 1. The van der Waals surface area contributed by atoms with E-state index >= 15 is 0 Å². The summed E-state index contributed by atoms with van der Waals surface area (Å²) in [7, 11) is 5.28. The van der Waals surface area contributed by atoms with Crippen LogP contribution in [0.3, 0.4) is 0 Å². The van der Waals surface area contributed by atoms with Gasteiger partial charge in [0.25, 0.3) is 5.89 Å². The fourth-order valence-corrected chi connectivity index (χ4v) is 4.12. The van der Waals surface area contributed by atoms with Crippen LogP contribution in [0.5, 0.6) is 0 Å². The summed E-state index contributed by atoms with van der Waals surface area (Å²) in [6.07, 6.45) is 1.00. The van der Waals surface area contributed by atoms with Crippen molar-refractivity contribution in [1.82, 2.24) is 15.2 Å². The molecule has 0 spiro atoms. The molecule has 1 amide bonds. The van der Waals surface area contributed by atoms with Crippen molar-refractivity contribution in [3.8, 4) is 17.2 Å². The summed E-state index contributed by atoms with van der Waals surface area (Å²) >= 11 is 0. The molecule has 1 aromatic heterocycles. The van der Waals surface area contributed by atoms with Crippen LogP contribution >= 0.6 is 0 Å². The van der Waals surface area contributed by atoms with Gasteiger partial charge < -0.3 is 19.5 Å². The number of hydrogen-bond acceptors (Lipinski definition) is 6. The standard InChI is InChI=1S/C23H25N5O2/c1-14-17(12-24)19-21(30-22(26-19)23(29)27(3)4)20(28-11-10-16(13-28)25-2)18(14)15-8-6-5-7-9-15/h5-9,16,25H,10-11,13H2,1-4H3/t16-/m1/s1. The first kappa shape index (κ1) is 19.9. The van der Waals surface area contributed by atoms with Crippen LogP contribution in [-0.4, -0.2) is 56.1 Å². The zero-order valence-corrected chi connectivity index (χ0v) is 17.7. The van der Waals surface area contributed by atoms with Gasteiger partial charge in [0.1, 0.15) is 11.6 Å². The van der Waals surface area contributed by atoms with Gasteiger partial charge in [-0.25, -0.2) is 4.98 Å². The van der Waals surface area contributed by atoms with E-state index in [4.69, 9.17) is 4.42 Å². The minimum atomic E-state index is -0.325. The highest BCUT2D eigenvalue weighted by atomic mass is 16.4. The summed E-state index contributed by atoms with van der Waals surface area (Å²) in [5.41, 5.74) is 5.09. The molecule has 2 aromatic carbocycles. The fourth-order valence-electron chi connectivity index (χ4n) is 4.12. The molecule has 0 bridgehead atoms. The summed E-state index contributed by atoms with van der Waals surface area (Å²) in [6, 6.07) is 12.7. The Balaban J connectivity index is 2.06. The van der Waals surface area contributed by atoms with E-state index in [1.165, 1.54) is 4.90 Å². The third-order valence-corrected chi connectivity index (χ3v) is 5.74. The van der Waals surface area contributed by atoms with Gasteiger partial charge >= 0.3 is 5.91 Å². The Morgan fingerprint density at radius 1 is 1.33 bits per heavy atom. The number of hydrogen-bond donors (Lipinski definition) is 1. The molecule has 1 fully saturated rings. The average Bonchev–Trinajstić information content (AvgIpc) is 3.40. The van der Waals surface area contributed by atoms with Crippen molar-refractivity contribution >= 4 is 22.7 Å². The number of nitrogens with zero attached hydrogens (tertiary/aromatic N) is 4. The van der Waals surface area contributed by atoms with Gasteiger partial charge in [-0.1, -0.05) is 30.3 Å². The SMILES string of the molecule is CN[C@@H]1CCN(c2c(-c3ccccc3)c(C)c(C#N)c3nc(C(=O)N(C)C)oc23)C1. The van der Waals surface area contributed by atoms with Crippen LogP contribution in [0.15, 0.2) is 34.7 Å². The molecule has 30 heavy (non-hydrogen) atoms. The lowest BCUT2D eigenvalue weighted by molar-refractivity contribution is 0.0791. The maximum absolute atomic E-state index is 12.5. The molecule has 1 saturated heterocycles. The number of nitriles is 1. The van der Waals surface area contributed by atoms with Crippen LogP contribution in [0, 0.1) is 18.3 Å². The number of carbonyl (C=O) groups is 1. The number of nitrogens with one attached hydrogen (secondary N) is 1. The van der Waals surface area contributed by atoms with Gasteiger partial charge in [-0.15, -0.1) is 0 Å². The first-order valence-corrected chi connectivity index (χ1v) is 10.0. The number of rotatable bonds is 4. The highest BCUT2D eigenvalue weighted by molar-refractivity contribution is 6.04. The molecule has 0 aliphatic carbocycles. The zero-order chi connectivity index (χ0) is 21.4. The largest absolute Gasteiger partial charge is 0.430 e. The van der Waals surface area contributed by atoms with Gasteiger partial charge in [-0.2, -0.15) is 5.26 Å². The number of amides is 1. The van der Waals surface area contributed by atoms with E-state index in [1.807, 2.05) is 44.3 Å². The molecule has 1 atom stereocenters. The summed E-state index contributed by atoms with van der Waals surface area (Å²) in [4.78, 5) is 20.7. The molecular weight excluding hydrogens is 378 g/mol. The minimum Gasteiger partial charge on any atom is -0.430 e. The average molecular weight is 403 g/mol. The minimum absolute atomic E-state index is 0.00160. The Morgan fingerprint density at radius 3 is 2.67 bits per heavy atom. The van der Waals surface area contributed by atoms with Crippen LogP contribution in [0.4, 0.5) is 5.69 Å². The molecule has 0 unspecified atom stereocenters. The number of benzene rings is 2. The lowest BCUT2D eigenvalue weighted by atomic mass is 9.93. The molecule has 154 valence electrons. The smallest absolute Gasteiger partial charge is 0.309 e. The van der Waals surface area contributed by atoms with E-state index < -0.39 is 0 Å². The Morgan fingerprint density at radius 2 is 2.07 bits per heavy atom. The van der Waals surface area contributed by atoms with Gasteiger partial charge in [0.15, 0.2) is 5.58 Å². The quantitative estimate of drug-likeness (QED) is 0.720. The molecule has 7 nitrogen and oxygen atoms in total. The molecule has 3 aromatic rings. The van der Waals surface area contributed by atoms with Crippen LogP contribution in [0.2, 0.25) is 0 Å². The summed E-state index contributed by atoms with van der Waals surface area (Å²) < 4.78 is 6.05. The molecule has 0 saturated carbocycles. The second-order valence-corrected chi connectivity index (χ2v) is 7.82. The number of aromatic nitrogens is 1. The first-order valence-electron chi connectivity index (χ1n) is 10.0. The van der Waals surface area contributed by atoms with E-state index in [0.29, 0.717) is 22.7 Å². The monoisotopic (exact) mass is 403 g/mol. The van der Waals surface area contributed by atoms with Gasteiger partial charge in [-0.05, 0) is 31.5 Å². The van der Waals surface area contributed by atoms with Crippen molar-refractivity contribution in [3.63, 3.8) is 0 Å². The van der Waals surface area contributed by atoms with E-state index in [0.717, 1.165) is 41.9 Å². The maximum atomic E-state index is 12.5. The summed E-state index contributed by atoms with van der Waals surface area (Å²) in [5, 5.41) is 13.3. The van der Waals surface area contributed by atoms with Gasteiger partial charge in [0.2, 0.25) is 0 Å². The van der Waals surface area contributed by atoms with Crippen LogP contribution < -0.4 is 10.2 Å².